The maximum absolute atomic E-state index is 12.6. The van der Waals surface area contributed by atoms with Crippen LogP contribution in [0.4, 0.5) is 0 Å². The predicted octanol–water partition coefficient (Wildman–Crippen LogP) is 7.71. The number of rotatable bonds is 13. The second-order valence-electron chi connectivity index (χ2n) is 9.09. The van der Waals surface area contributed by atoms with E-state index in [-0.39, 0.29) is 5.70 Å². The van der Waals surface area contributed by atoms with Gasteiger partial charge in [-0.3, -0.25) is 0 Å². The van der Waals surface area contributed by atoms with Crippen LogP contribution in [-0.2, 0) is 9.53 Å². The zero-order chi connectivity index (χ0) is 25.2. The molecule has 1 aliphatic heterocycles. The number of aliphatic imine (C=N–C) groups is 1. The fraction of sp³-hybridized carbons (Fsp3) is 0.355. The van der Waals surface area contributed by atoms with Crippen LogP contribution in [0.25, 0.3) is 16.8 Å². The molecule has 0 amide bonds. The Bertz CT molecular complexity index is 1230. The first-order valence-corrected chi connectivity index (χ1v) is 13.0. The molecule has 0 saturated heterocycles. The molecule has 0 aromatic heterocycles. The lowest BCUT2D eigenvalue weighted by Crippen LogP contribution is -2.05. The van der Waals surface area contributed by atoms with Crippen molar-refractivity contribution in [3.8, 4) is 11.5 Å². The Hall–Kier alpha value is -3.60. The van der Waals surface area contributed by atoms with Gasteiger partial charge in [-0.15, -0.1) is 0 Å². The Morgan fingerprint density at radius 1 is 0.861 bits per heavy atom. The zero-order valence-electron chi connectivity index (χ0n) is 21.3. The number of esters is 1. The Labute approximate surface area is 213 Å². The van der Waals surface area contributed by atoms with Crippen molar-refractivity contribution in [3.05, 3.63) is 77.5 Å². The molecule has 1 aliphatic rings. The second-order valence-corrected chi connectivity index (χ2v) is 9.09. The minimum Gasteiger partial charge on any atom is -0.496 e. The molecule has 0 fully saturated rings. The van der Waals surface area contributed by atoms with Gasteiger partial charge >= 0.3 is 5.97 Å². The van der Waals surface area contributed by atoms with Gasteiger partial charge in [0.1, 0.15) is 11.5 Å². The number of carbonyl (C=O) groups excluding carboxylic acids is 1. The third kappa shape index (κ3) is 6.54. The van der Waals surface area contributed by atoms with Gasteiger partial charge < -0.3 is 14.2 Å². The standard InChI is InChI=1S/C31H35NO4/c1-3-4-5-6-7-8-9-12-21-35-25-18-15-24(16-19-25)30-32-28(31(33)36-30)22-27-26-14-11-10-13-23(26)17-20-29(27)34-2/h10-11,13-20,22H,3-9,12,21H2,1-2H3. The van der Waals surface area contributed by atoms with Crippen LogP contribution in [0, 0.1) is 0 Å². The maximum atomic E-state index is 12.6. The number of fused-ring (bicyclic) bond motifs is 1. The molecular weight excluding hydrogens is 450 g/mol. The van der Waals surface area contributed by atoms with E-state index >= 15 is 0 Å². The summed E-state index contributed by atoms with van der Waals surface area (Å²) in [4.78, 5) is 17.1. The molecule has 0 saturated carbocycles. The van der Waals surface area contributed by atoms with Gasteiger partial charge in [0, 0.05) is 11.1 Å². The molecule has 0 spiro atoms. The normalized spacial score (nSPS) is 14.2. The van der Waals surface area contributed by atoms with Gasteiger partial charge in [-0.2, -0.15) is 0 Å². The average molecular weight is 486 g/mol. The van der Waals surface area contributed by atoms with E-state index in [0.29, 0.717) is 18.3 Å². The highest BCUT2D eigenvalue weighted by Gasteiger charge is 2.25. The number of hydrogen-bond acceptors (Lipinski definition) is 5. The minimum absolute atomic E-state index is 0.245. The van der Waals surface area contributed by atoms with Crippen molar-refractivity contribution < 1.29 is 19.0 Å². The smallest absolute Gasteiger partial charge is 0.363 e. The highest BCUT2D eigenvalue weighted by atomic mass is 16.6. The molecule has 0 bridgehead atoms. The van der Waals surface area contributed by atoms with Crippen LogP contribution in [0.1, 0.15) is 69.4 Å². The van der Waals surface area contributed by atoms with E-state index in [2.05, 4.69) is 11.9 Å². The number of hydrogen-bond donors (Lipinski definition) is 0. The van der Waals surface area contributed by atoms with Crippen LogP contribution in [0.5, 0.6) is 11.5 Å². The average Bonchev–Trinajstić information content (AvgIpc) is 3.28. The summed E-state index contributed by atoms with van der Waals surface area (Å²) in [6.45, 7) is 2.96. The molecule has 0 radical (unpaired) electrons. The molecular formula is C31H35NO4. The van der Waals surface area contributed by atoms with E-state index in [1.807, 2.05) is 60.7 Å². The second kappa shape index (κ2) is 12.9. The Kier molecular flexibility index (Phi) is 9.15. The predicted molar refractivity (Wildman–Crippen MR) is 146 cm³/mol. The number of benzene rings is 3. The minimum atomic E-state index is -0.477. The number of unbranched alkanes of at least 4 members (excludes halogenated alkanes) is 7. The molecule has 1 heterocycles. The first kappa shape index (κ1) is 25.5. The summed E-state index contributed by atoms with van der Waals surface area (Å²) in [7, 11) is 1.62. The molecule has 0 atom stereocenters. The van der Waals surface area contributed by atoms with E-state index in [9.17, 15) is 4.79 Å². The third-order valence-electron chi connectivity index (χ3n) is 6.42. The Morgan fingerprint density at radius 2 is 1.58 bits per heavy atom. The summed E-state index contributed by atoms with van der Waals surface area (Å²) in [5.41, 5.74) is 1.78. The maximum Gasteiger partial charge on any atom is 0.363 e. The monoisotopic (exact) mass is 485 g/mol. The van der Waals surface area contributed by atoms with E-state index in [0.717, 1.165) is 34.1 Å². The van der Waals surface area contributed by atoms with E-state index in [1.54, 1.807) is 13.2 Å². The van der Waals surface area contributed by atoms with E-state index in [4.69, 9.17) is 14.2 Å². The molecule has 4 rings (SSSR count). The van der Waals surface area contributed by atoms with Gasteiger partial charge in [0.15, 0.2) is 5.70 Å². The topological polar surface area (TPSA) is 57.1 Å². The highest BCUT2D eigenvalue weighted by molar-refractivity contribution is 6.13. The summed E-state index contributed by atoms with van der Waals surface area (Å²) >= 11 is 0. The van der Waals surface area contributed by atoms with Crippen molar-refractivity contribution in [2.24, 2.45) is 4.99 Å². The zero-order valence-corrected chi connectivity index (χ0v) is 21.3. The van der Waals surface area contributed by atoms with Crippen molar-refractivity contribution in [2.75, 3.05) is 13.7 Å². The Balaban J connectivity index is 1.36. The van der Waals surface area contributed by atoms with Crippen LogP contribution in [0.15, 0.2) is 71.4 Å². The Morgan fingerprint density at radius 3 is 2.33 bits per heavy atom. The number of methoxy groups -OCH3 is 1. The quantitative estimate of drug-likeness (QED) is 0.141. The molecule has 3 aromatic rings. The van der Waals surface area contributed by atoms with Crippen LogP contribution < -0.4 is 9.47 Å². The number of cyclic esters (lactones) is 1. The molecule has 0 unspecified atom stereocenters. The lowest BCUT2D eigenvalue weighted by Gasteiger charge is -2.08. The first-order chi connectivity index (χ1) is 17.7. The molecule has 5 nitrogen and oxygen atoms in total. The number of ether oxygens (including phenoxy) is 3. The van der Waals surface area contributed by atoms with Gasteiger partial charge in [-0.25, -0.2) is 9.79 Å². The van der Waals surface area contributed by atoms with Crippen molar-refractivity contribution >= 4 is 28.7 Å². The lowest BCUT2D eigenvalue weighted by molar-refractivity contribution is -0.129. The summed E-state index contributed by atoms with van der Waals surface area (Å²) in [5.74, 6) is 1.30. The SMILES string of the molecule is CCCCCCCCCCOc1ccc(C2=NC(=Cc3c(OC)ccc4ccccc34)C(=O)O2)cc1. The number of nitrogens with zero attached hydrogens (tertiary/aromatic N) is 1. The summed E-state index contributed by atoms with van der Waals surface area (Å²) in [6.07, 6.45) is 11.9. The van der Waals surface area contributed by atoms with Crippen LogP contribution in [0.3, 0.4) is 0 Å². The molecule has 188 valence electrons. The summed E-state index contributed by atoms with van der Waals surface area (Å²) in [5, 5.41) is 2.04. The number of carbonyl (C=O) groups is 1. The summed E-state index contributed by atoms with van der Waals surface area (Å²) in [6, 6.07) is 19.4. The van der Waals surface area contributed by atoms with E-state index in [1.165, 1.54) is 44.9 Å². The molecule has 5 heteroatoms. The van der Waals surface area contributed by atoms with Crippen molar-refractivity contribution in [3.63, 3.8) is 0 Å². The van der Waals surface area contributed by atoms with Crippen LogP contribution in [0.2, 0.25) is 0 Å². The van der Waals surface area contributed by atoms with Crippen molar-refractivity contribution in [2.45, 2.75) is 58.3 Å². The van der Waals surface area contributed by atoms with Crippen LogP contribution >= 0.6 is 0 Å². The first-order valence-electron chi connectivity index (χ1n) is 13.0. The van der Waals surface area contributed by atoms with Gasteiger partial charge in [0.05, 0.1) is 13.7 Å². The van der Waals surface area contributed by atoms with Gasteiger partial charge in [0.2, 0.25) is 5.90 Å². The van der Waals surface area contributed by atoms with Crippen LogP contribution in [-0.4, -0.2) is 25.6 Å². The molecule has 0 N–H and O–H groups in total. The van der Waals surface area contributed by atoms with Crippen molar-refractivity contribution in [1.29, 1.82) is 0 Å². The molecule has 3 aromatic carbocycles. The van der Waals surface area contributed by atoms with Gasteiger partial charge in [-0.1, -0.05) is 82.2 Å². The van der Waals surface area contributed by atoms with Gasteiger partial charge in [-0.05, 0) is 53.6 Å². The third-order valence-corrected chi connectivity index (χ3v) is 6.42. The molecule has 0 aliphatic carbocycles. The largest absolute Gasteiger partial charge is 0.496 e. The summed E-state index contributed by atoms with van der Waals surface area (Å²) < 4.78 is 16.9. The van der Waals surface area contributed by atoms with E-state index < -0.39 is 5.97 Å². The van der Waals surface area contributed by atoms with Crippen molar-refractivity contribution in [1.82, 2.24) is 0 Å². The fourth-order valence-corrected chi connectivity index (χ4v) is 4.39. The lowest BCUT2D eigenvalue weighted by atomic mass is 10.0. The highest BCUT2D eigenvalue weighted by Crippen LogP contribution is 2.31. The fourth-order valence-electron chi connectivity index (χ4n) is 4.39. The molecule has 36 heavy (non-hydrogen) atoms. The van der Waals surface area contributed by atoms with Gasteiger partial charge in [0.25, 0.3) is 0 Å².